The van der Waals surface area contributed by atoms with Gasteiger partial charge in [-0.05, 0) is 33.0 Å². The van der Waals surface area contributed by atoms with E-state index < -0.39 is 0 Å². The average molecular weight is 308 g/mol. The predicted molar refractivity (Wildman–Crippen MR) is 55.1 cm³/mol. The van der Waals surface area contributed by atoms with Crippen LogP contribution in [0.2, 0.25) is 0 Å². The van der Waals surface area contributed by atoms with Crippen LogP contribution >= 0.6 is 0 Å². The number of aryl methyl sites for hydroxylation is 4. The SMILES string of the molecule is Cc1nn[c-]n1C.Cc1nnc(C)n1C.[Ru+]. The van der Waals surface area contributed by atoms with Crippen LogP contribution in [0.1, 0.15) is 17.5 Å². The molecule has 1 radical (unpaired) electrons. The van der Waals surface area contributed by atoms with Crippen molar-refractivity contribution in [3.63, 3.8) is 0 Å². The molecule has 0 N–H and O–H groups in total. The summed E-state index contributed by atoms with van der Waals surface area (Å²) < 4.78 is 3.68. The van der Waals surface area contributed by atoms with Crippen LogP contribution in [0, 0.1) is 27.1 Å². The van der Waals surface area contributed by atoms with E-state index in [1.165, 1.54) is 0 Å². The third-order valence-electron chi connectivity index (χ3n) is 2.19. The molecule has 0 atom stereocenters. The standard InChI is InChI=1S/C5H9N3.C4H6N3.Ru/c1-4-6-7-5(2)8(4)3;1-4-6-5-3-7(4)2;/h1-3H3;1-2H3;/q;-1;+1. The first-order valence-electron chi connectivity index (χ1n) is 4.58. The third kappa shape index (κ3) is 3.81. The molecule has 2 rings (SSSR count). The molecule has 0 bridgehead atoms. The minimum Gasteiger partial charge on any atom is -0.483 e. The summed E-state index contributed by atoms with van der Waals surface area (Å²) >= 11 is 0. The Balaban J connectivity index is 0.000000267. The molecule has 6 nitrogen and oxygen atoms in total. The molecule has 0 aliphatic rings. The first-order chi connectivity index (χ1) is 7.02. The first-order valence-corrected chi connectivity index (χ1v) is 4.58. The number of rotatable bonds is 0. The predicted octanol–water partition coefficient (Wildman–Crippen LogP) is 0.353. The fourth-order valence-electron chi connectivity index (χ4n) is 0.814. The van der Waals surface area contributed by atoms with Gasteiger partial charge in [0.05, 0.1) is 0 Å². The summed E-state index contributed by atoms with van der Waals surface area (Å²) in [5, 5.41) is 14.8. The third-order valence-corrected chi connectivity index (χ3v) is 2.19. The van der Waals surface area contributed by atoms with Crippen LogP contribution < -0.4 is 0 Å². The molecule has 0 aliphatic heterocycles. The van der Waals surface area contributed by atoms with Crippen molar-refractivity contribution in [2.75, 3.05) is 0 Å². The van der Waals surface area contributed by atoms with Crippen molar-refractivity contribution in [1.82, 2.24) is 29.5 Å². The fraction of sp³-hybridized carbons (Fsp3) is 0.556. The molecule has 7 heteroatoms. The molecule has 2 aromatic heterocycles. The summed E-state index contributed by atoms with van der Waals surface area (Å²) in [7, 11) is 3.81. The van der Waals surface area contributed by atoms with Crippen molar-refractivity contribution >= 4 is 0 Å². The molecule has 0 aromatic carbocycles. The quantitative estimate of drug-likeness (QED) is 0.520. The molecule has 2 heterocycles. The molecular formula is C9H15N6Ru. The monoisotopic (exact) mass is 309 g/mol. The molecule has 16 heavy (non-hydrogen) atoms. The maximum Gasteiger partial charge on any atom is 1.00 e. The van der Waals surface area contributed by atoms with E-state index in [0.29, 0.717) is 0 Å². The summed E-state index contributed by atoms with van der Waals surface area (Å²) in [5.74, 6) is 2.81. The van der Waals surface area contributed by atoms with E-state index in [2.05, 4.69) is 26.7 Å². The second-order valence-corrected chi connectivity index (χ2v) is 3.26. The van der Waals surface area contributed by atoms with Gasteiger partial charge in [-0.1, -0.05) is 6.92 Å². The van der Waals surface area contributed by atoms with Gasteiger partial charge in [0.15, 0.2) is 0 Å². The Labute approximate surface area is 108 Å². The second kappa shape index (κ2) is 6.48. The molecular weight excluding hydrogens is 293 g/mol. The van der Waals surface area contributed by atoms with Gasteiger partial charge in [-0.3, -0.25) is 10.2 Å². The van der Waals surface area contributed by atoms with E-state index in [1.807, 2.05) is 39.4 Å². The summed E-state index contributed by atoms with van der Waals surface area (Å²) in [6, 6.07) is 0. The molecule has 0 spiro atoms. The van der Waals surface area contributed by atoms with E-state index in [4.69, 9.17) is 0 Å². The van der Waals surface area contributed by atoms with Gasteiger partial charge in [0.25, 0.3) is 0 Å². The van der Waals surface area contributed by atoms with Gasteiger partial charge < -0.3 is 9.13 Å². The van der Waals surface area contributed by atoms with Gasteiger partial charge in [-0.25, -0.2) is 0 Å². The van der Waals surface area contributed by atoms with Gasteiger partial charge in [-0.15, -0.1) is 10.2 Å². The molecule has 0 fully saturated rings. The Morgan fingerprint density at radius 1 is 0.875 bits per heavy atom. The topological polar surface area (TPSA) is 61.4 Å². The van der Waals surface area contributed by atoms with Gasteiger partial charge in [0, 0.05) is 7.05 Å². The van der Waals surface area contributed by atoms with Crippen molar-refractivity contribution in [1.29, 1.82) is 0 Å². The normalized spacial score (nSPS) is 9.06. The minimum absolute atomic E-state index is 0. The Morgan fingerprint density at radius 3 is 1.50 bits per heavy atom. The second-order valence-electron chi connectivity index (χ2n) is 3.26. The van der Waals surface area contributed by atoms with E-state index in [9.17, 15) is 0 Å². The fourth-order valence-corrected chi connectivity index (χ4v) is 0.814. The Hall–Kier alpha value is -1.10. The van der Waals surface area contributed by atoms with Crippen molar-refractivity contribution in [2.45, 2.75) is 20.8 Å². The number of hydrogen-bond donors (Lipinski definition) is 0. The average Bonchev–Trinajstić information content (AvgIpc) is 2.70. The zero-order chi connectivity index (χ0) is 11.4. The summed E-state index contributed by atoms with van der Waals surface area (Å²) in [6.45, 7) is 5.74. The van der Waals surface area contributed by atoms with Gasteiger partial charge in [0.2, 0.25) is 0 Å². The van der Waals surface area contributed by atoms with Crippen molar-refractivity contribution in [3.05, 3.63) is 23.8 Å². The zero-order valence-electron chi connectivity index (χ0n) is 10.0. The summed E-state index contributed by atoms with van der Waals surface area (Å²) in [5.41, 5.74) is 0. The molecule has 2 aromatic rings. The van der Waals surface area contributed by atoms with Crippen LogP contribution in [-0.4, -0.2) is 29.5 Å². The Kier molecular flexibility index (Phi) is 6.03. The van der Waals surface area contributed by atoms with Crippen LogP contribution in [0.3, 0.4) is 0 Å². The van der Waals surface area contributed by atoms with Gasteiger partial charge in [-0.2, -0.15) is 0 Å². The van der Waals surface area contributed by atoms with Crippen molar-refractivity contribution < 1.29 is 19.5 Å². The maximum absolute atomic E-state index is 3.83. The molecule has 0 unspecified atom stereocenters. The van der Waals surface area contributed by atoms with Crippen LogP contribution in [0.4, 0.5) is 0 Å². The minimum atomic E-state index is 0. The largest absolute Gasteiger partial charge is 1.00 e. The molecule has 89 valence electrons. The number of nitrogens with zero attached hydrogens (tertiary/aromatic N) is 6. The van der Waals surface area contributed by atoms with Gasteiger partial charge >= 0.3 is 19.5 Å². The maximum atomic E-state index is 3.83. The Morgan fingerprint density at radius 2 is 1.38 bits per heavy atom. The molecule has 0 amide bonds. The van der Waals surface area contributed by atoms with E-state index in [1.54, 1.807) is 4.57 Å². The van der Waals surface area contributed by atoms with Crippen molar-refractivity contribution in [3.8, 4) is 0 Å². The van der Waals surface area contributed by atoms with E-state index >= 15 is 0 Å². The van der Waals surface area contributed by atoms with Gasteiger partial charge in [0.1, 0.15) is 11.6 Å². The van der Waals surface area contributed by atoms with E-state index in [0.717, 1.165) is 17.5 Å². The number of hydrogen-bond acceptors (Lipinski definition) is 4. The van der Waals surface area contributed by atoms with Crippen LogP contribution in [0.25, 0.3) is 0 Å². The zero-order valence-corrected chi connectivity index (χ0v) is 11.8. The van der Waals surface area contributed by atoms with Crippen molar-refractivity contribution in [2.24, 2.45) is 14.1 Å². The summed E-state index contributed by atoms with van der Waals surface area (Å²) in [4.78, 5) is 0. The molecule has 0 saturated heterocycles. The molecule has 0 saturated carbocycles. The van der Waals surface area contributed by atoms with Crippen LogP contribution in [-0.2, 0) is 33.6 Å². The Bertz CT molecular complexity index is 397. The smallest absolute Gasteiger partial charge is 0.483 e. The first kappa shape index (κ1) is 14.9. The molecule has 0 aliphatic carbocycles. The van der Waals surface area contributed by atoms with E-state index in [-0.39, 0.29) is 19.5 Å². The van der Waals surface area contributed by atoms with Crippen LogP contribution in [0.5, 0.6) is 0 Å². The van der Waals surface area contributed by atoms with Crippen LogP contribution in [0.15, 0.2) is 0 Å². The number of aromatic nitrogens is 6. The summed E-state index contributed by atoms with van der Waals surface area (Å²) in [6.07, 6.45) is 2.62.